The number of fused-ring (bicyclic) bond motifs is 1. The first-order valence-electron chi connectivity index (χ1n) is 6.03. The molecule has 0 amide bonds. The Morgan fingerprint density at radius 1 is 1.45 bits per heavy atom. The van der Waals surface area contributed by atoms with E-state index in [9.17, 15) is 0 Å². The molecule has 7 heteroatoms. The van der Waals surface area contributed by atoms with E-state index in [-0.39, 0.29) is 0 Å². The Hall–Kier alpha value is -1.11. The van der Waals surface area contributed by atoms with E-state index in [1.54, 1.807) is 17.5 Å². The minimum atomic E-state index is 0.466. The molecule has 0 saturated heterocycles. The highest BCUT2D eigenvalue weighted by molar-refractivity contribution is 9.10. The summed E-state index contributed by atoms with van der Waals surface area (Å²) in [6.07, 6.45) is 1.68. The molecule has 20 heavy (non-hydrogen) atoms. The lowest BCUT2D eigenvalue weighted by molar-refractivity contribution is 0.964. The maximum absolute atomic E-state index is 6.09. The molecule has 0 aliphatic carbocycles. The van der Waals surface area contributed by atoms with Gasteiger partial charge in [-0.05, 0) is 35.8 Å². The van der Waals surface area contributed by atoms with E-state index in [0.29, 0.717) is 11.7 Å². The summed E-state index contributed by atoms with van der Waals surface area (Å²) in [7, 11) is 0. The first kappa shape index (κ1) is 13.9. The zero-order chi connectivity index (χ0) is 14.3. The van der Waals surface area contributed by atoms with Crippen LogP contribution in [0.3, 0.4) is 0 Å². The summed E-state index contributed by atoms with van der Waals surface area (Å²) in [5, 5.41) is 5.90. The van der Waals surface area contributed by atoms with Crippen LogP contribution in [0.4, 0.5) is 5.69 Å². The molecule has 3 heterocycles. The highest BCUT2D eigenvalue weighted by atomic mass is 79.9. The molecule has 0 bridgehead atoms. The van der Waals surface area contributed by atoms with Crippen LogP contribution >= 0.6 is 38.9 Å². The maximum atomic E-state index is 6.09. The molecule has 0 unspecified atom stereocenters. The Balaban J connectivity index is 1.92. The van der Waals surface area contributed by atoms with Crippen molar-refractivity contribution in [1.29, 1.82) is 0 Å². The lowest BCUT2D eigenvalue weighted by Crippen LogP contribution is -2.05. The minimum absolute atomic E-state index is 0.466. The summed E-state index contributed by atoms with van der Waals surface area (Å²) < 4.78 is 3.07. The van der Waals surface area contributed by atoms with Gasteiger partial charge in [0.15, 0.2) is 10.1 Å². The van der Waals surface area contributed by atoms with Crippen LogP contribution in [-0.2, 0) is 6.54 Å². The predicted molar refractivity (Wildman–Crippen MR) is 86.8 cm³/mol. The number of aromatic nitrogens is 3. The van der Waals surface area contributed by atoms with E-state index < -0.39 is 0 Å². The first-order chi connectivity index (χ1) is 9.56. The number of hydrogen-bond donors (Lipinski definition) is 1. The van der Waals surface area contributed by atoms with Gasteiger partial charge in [-0.1, -0.05) is 11.6 Å². The van der Waals surface area contributed by atoms with Crippen LogP contribution in [0.25, 0.3) is 4.96 Å². The third-order valence-corrected chi connectivity index (χ3v) is 4.76. The number of pyridine rings is 1. The summed E-state index contributed by atoms with van der Waals surface area (Å²) in [5.74, 6) is 0. The molecule has 4 nitrogen and oxygen atoms in total. The van der Waals surface area contributed by atoms with E-state index in [1.807, 2.05) is 13.0 Å². The Kier molecular flexibility index (Phi) is 3.70. The van der Waals surface area contributed by atoms with Crippen molar-refractivity contribution in [3.8, 4) is 0 Å². The molecule has 0 fully saturated rings. The fourth-order valence-electron chi connectivity index (χ4n) is 2.10. The Morgan fingerprint density at radius 3 is 3.05 bits per heavy atom. The van der Waals surface area contributed by atoms with Crippen molar-refractivity contribution in [2.45, 2.75) is 20.4 Å². The van der Waals surface area contributed by atoms with Crippen molar-refractivity contribution < 1.29 is 0 Å². The van der Waals surface area contributed by atoms with Gasteiger partial charge in [0.25, 0.3) is 0 Å². The standard InChI is InChI=1S/C13H12BrClN4S/c1-7-6-20-13-18-8(2)11(19(7)13)5-16-10-3-9(14)4-17-12(10)15/h3-4,6,16H,5H2,1-2H3. The summed E-state index contributed by atoms with van der Waals surface area (Å²) in [5.41, 5.74) is 4.19. The van der Waals surface area contributed by atoms with E-state index in [1.165, 1.54) is 5.69 Å². The molecular formula is C13H12BrClN4S. The number of nitrogens with zero attached hydrogens (tertiary/aromatic N) is 3. The van der Waals surface area contributed by atoms with E-state index in [4.69, 9.17) is 11.6 Å². The second kappa shape index (κ2) is 5.35. The molecule has 0 aromatic carbocycles. The van der Waals surface area contributed by atoms with Gasteiger partial charge < -0.3 is 5.32 Å². The van der Waals surface area contributed by atoms with Crippen molar-refractivity contribution in [2.24, 2.45) is 0 Å². The molecule has 0 saturated carbocycles. The summed E-state index contributed by atoms with van der Waals surface area (Å²) in [4.78, 5) is 9.70. The Labute approximate surface area is 134 Å². The Morgan fingerprint density at radius 2 is 2.25 bits per heavy atom. The molecule has 0 aliphatic heterocycles. The third-order valence-electron chi connectivity index (χ3n) is 3.08. The number of halogens is 2. The van der Waals surface area contributed by atoms with Gasteiger partial charge in [0, 0.05) is 21.7 Å². The highest BCUT2D eigenvalue weighted by Gasteiger charge is 2.12. The molecule has 0 aliphatic rings. The smallest absolute Gasteiger partial charge is 0.194 e. The third kappa shape index (κ3) is 2.43. The van der Waals surface area contributed by atoms with Gasteiger partial charge in [-0.2, -0.15) is 0 Å². The van der Waals surface area contributed by atoms with Gasteiger partial charge in [0.1, 0.15) is 0 Å². The normalized spacial score (nSPS) is 11.2. The van der Waals surface area contributed by atoms with E-state index >= 15 is 0 Å². The fraction of sp³-hybridized carbons (Fsp3) is 0.231. The van der Waals surface area contributed by atoms with E-state index in [0.717, 1.165) is 26.5 Å². The van der Waals surface area contributed by atoms with Crippen LogP contribution in [-0.4, -0.2) is 14.4 Å². The van der Waals surface area contributed by atoms with Gasteiger partial charge in [0.2, 0.25) is 0 Å². The highest BCUT2D eigenvalue weighted by Crippen LogP contribution is 2.25. The van der Waals surface area contributed by atoms with Crippen LogP contribution in [0.15, 0.2) is 22.1 Å². The zero-order valence-electron chi connectivity index (χ0n) is 10.9. The van der Waals surface area contributed by atoms with Gasteiger partial charge in [-0.3, -0.25) is 4.40 Å². The van der Waals surface area contributed by atoms with Crippen LogP contribution in [0.5, 0.6) is 0 Å². The molecule has 3 aromatic heterocycles. The number of hydrogen-bond acceptors (Lipinski definition) is 4. The number of anilines is 1. The van der Waals surface area contributed by atoms with Gasteiger partial charge in [-0.25, -0.2) is 9.97 Å². The lowest BCUT2D eigenvalue weighted by atomic mass is 10.3. The summed E-state index contributed by atoms with van der Waals surface area (Å²) in [6, 6.07) is 1.92. The molecule has 0 radical (unpaired) electrons. The zero-order valence-corrected chi connectivity index (χ0v) is 14.1. The molecule has 1 N–H and O–H groups in total. The number of nitrogens with one attached hydrogen (secondary N) is 1. The monoisotopic (exact) mass is 370 g/mol. The Bertz CT molecular complexity index is 780. The SMILES string of the molecule is Cc1nc2scc(C)n2c1CNc1cc(Br)cnc1Cl. The predicted octanol–water partition coefficient (Wildman–Crippen LogP) is 4.44. The molecule has 3 aromatic rings. The van der Waals surface area contributed by atoms with Gasteiger partial charge in [-0.15, -0.1) is 11.3 Å². The fourth-order valence-corrected chi connectivity index (χ4v) is 3.53. The topological polar surface area (TPSA) is 42.2 Å². The van der Waals surface area contributed by atoms with Crippen molar-refractivity contribution >= 4 is 49.5 Å². The van der Waals surface area contributed by atoms with Crippen molar-refractivity contribution in [2.75, 3.05) is 5.32 Å². The van der Waals surface area contributed by atoms with Crippen LogP contribution in [0, 0.1) is 13.8 Å². The second-order valence-electron chi connectivity index (χ2n) is 4.48. The van der Waals surface area contributed by atoms with Crippen LogP contribution in [0.1, 0.15) is 17.1 Å². The van der Waals surface area contributed by atoms with E-state index in [2.05, 4.69) is 47.9 Å². The lowest BCUT2D eigenvalue weighted by Gasteiger charge is -2.09. The summed E-state index contributed by atoms with van der Waals surface area (Å²) >= 11 is 11.1. The first-order valence-corrected chi connectivity index (χ1v) is 8.08. The average molecular weight is 372 g/mol. The number of aryl methyl sites for hydroxylation is 2. The molecule has 0 spiro atoms. The number of thiazole rings is 1. The van der Waals surface area contributed by atoms with Crippen molar-refractivity contribution in [3.05, 3.63) is 44.4 Å². The van der Waals surface area contributed by atoms with Crippen LogP contribution in [0.2, 0.25) is 5.15 Å². The minimum Gasteiger partial charge on any atom is -0.377 e. The molecular weight excluding hydrogens is 360 g/mol. The number of rotatable bonds is 3. The quantitative estimate of drug-likeness (QED) is 0.692. The van der Waals surface area contributed by atoms with Crippen molar-refractivity contribution in [1.82, 2.24) is 14.4 Å². The summed E-state index contributed by atoms with van der Waals surface area (Å²) in [6.45, 7) is 4.77. The largest absolute Gasteiger partial charge is 0.377 e. The van der Waals surface area contributed by atoms with Crippen LogP contribution < -0.4 is 5.32 Å². The van der Waals surface area contributed by atoms with Gasteiger partial charge in [0.05, 0.1) is 23.6 Å². The molecule has 0 atom stereocenters. The maximum Gasteiger partial charge on any atom is 0.194 e. The van der Waals surface area contributed by atoms with Gasteiger partial charge >= 0.3 is 0 Å². The average Bonchev–Trinajstić information content (AvgIpc) is 2.91. The number of imidazole rings is 1. The van der Waals surface area contributed by atoms with Crippen molar-refractivity contribution in [3.63, 3.8) is 0 Å². The molecule has 3 rings (SSSR count). The molecule has 104 valence electrons. The second-order valence-corrected chi connectivity index (χ2v) is 6.59.